The number of hydrogen-bond donors (Lipinski definition) is 1. The Balaban J connectivity index is 1.79. The van der Waals surface area contributed by atoms with E-state index in [2.05, 4.69) is 5.32 Å². The van der Waals surface area contributed by atoms with Crippen LogP contribution in [0.3, 0.4) is 0 Å². The monoisotopic (exact) mass is 448 g/mol. The van der Waals surface area contributed by atoms with E-state index in [0.29, 0.717) is 18.9 Å². The van der Waals surface area contributed by atoms with E-state index in [0.717, 1.165) is 17.0 Å². The molecule has 3 unspecified atom stereocenters. The lowest BCUT2D eigenvalue weighted by Gasteiger charge is -2.29. The predicted octanol–water partition coefficient (Wildman–Crippen LogP) is 4.76. The minimum atomic E-state index is -4.69. The fourth-order valence-electron chi connectivity index (χ4n) is 3.64. The maximum absolute atomic E-state index is 14.5. The third-order valence-corrected chi connectivity index (χ3v) is 5.23. The van der Waals surface area contributed by atoms with Crippen LogP contribution in [0.2, 0.25) is 0 Å². The predicted molar refractivity (Wildman–Crippen MR) is 101 cm³/mol. The van der Waals surface area contributed by atoms with Crippen LogP contribution in [0, 0.1) is 11.7 Å². The van der Waals surface area contributed by atoms with Crippen LogP contribution >= 0.6 is 0 Å². The SMILES string of the molecule is CC(C)(C)OC(=O)N1CC(F)CC1C(=O)NC(c1ccc(C(F)(F)F)cc1F)C1CC1. The van der Waals surface area contributed by atoms with Gasteiger partial charge in [-0.1, -0.05) is 6.07 Å². The van der Waals surface area contributed by atoms with Crippen LogP contribution < -0.4 is 5.32 Å². The normalized spacial score (nSPS) is 22.9. The van der Waals surface area contributed by atoms with E-state index in [4.69, 9.17) is 4.74 Å². The number of alkyl halides is 4. The standard InChI is InChI=1S/C21H25F5N2O3/c1-20(2,3)31-19(30)28-10-13(22)9-16(28)18(29)27-17(11-4-5-11)14-7-6-12(8-15(14)23)21(24,25)26/h6-8,11,13,16-17H,4-5,9-10H2,1-3H3,(H,27,29). The first-order chi connectivity index (χ1) is 14.3. The van der Waals surface area contributed by atoms with Crippen molar-refractivity contribution in [2.24, 2.45) is 5.92 Å². The van der Waals surface area contributed by atoms with E-state index in [1.807, 2.05) is 0 Å². The summed E-state index contributed by atoms with van der Waals surface area (Å²) in [5, 5.41) is 2.63. The number of halogens is 5. The first-order valence-corrected chi connectivity index (χ1v) is 10.1. The van der Waals surface area contributed by atoms with Crippen molar-refractivity contribution in [1.29, 1.82) is 0 Å². The second-order valence-electron chi connectivity index (χ2n) is 9.04. The molecule has 1 heterocycles. The van der Waals surface area contributed by atoms with Crippen LogP contribution in [0.15, 0.2) is 18.2 Å². The highest BCUT2D eigenvalue weighted by molar-refractivity contribution is 5.86. The quantitative estimate of drug-likeness (QED) is 0.676. The van der Waals surface area contributed by atoms with Crippen molar-refractivity contribution in [3.05, 3.63) is 35.1 Å². The molecule has 0 spiro atoms. The first kappa shape index (κ1) is 23.3. The summed E-state index contributed by atoms with van der Waals surface area (Å²) in [6, 6.07) is 0.161. The van der Waals surface area contributed by atoms with E-state index in [-0.39, 0.29) is 24.4 Å². The lowest BCUT2D eigenvalue weighted by Crippen LogP contribution is -2.48. The summed E-state index contributed by atoms with van der Waals surface area (Å²) in [5.74, 6) is -1.92. The van der Waals surface area contributed by atoms with Gasteiger partial charge in [-0.25, -0.2) is 13.6 Å². The van der Waals surface area contributed by atoms with Crippen LogP contribution in [-0.4, -0.2) is 41.3 Å². The average Bonchev–Trinajstić information content (AvgIpc) is 3.38. The molecular weight excluding hydrogens is 423 g/mol. The Kier molecular flexibility index (Phi) is 6.21. The molecule has 1 aromatic rings. The molecule has 1 N–H and O–H groups in total. The molecule has 3 atom stereocenters. The molecule has 0 radical (unpaired) electrons. The lowest BCUT2D eigenvalue weighted by atomic mass is 9.99. The zero-order chi connectivity index (χ0) is 23.1. The number of nitrogens with one attached hydrogen (secondary N) is 1. The first-order valence-electron chi connectivity index (χ1n) is 10.1. The largest absolute Gasteiger partial charge is 0.444 e. The Morgan fingerprint density at radius 2 is 1.84 bits per heavy atom. The summed E-state index contributed by atoms with van der Waals surface area (Å²) in [6.07, 6.45) is -5.86. The Bertz CT molecular complexity index is 848. The number of carbonyl (C=O) groups excluding carboxylic acids is 2. The lowest BCUT2D eigenvalue weighted by molar-refractivity contribution is -0.137. The van der Waals surface area contributed by atoms with Crippen molar-refractivity contribution in [2.45, 2.75) is 70.1 Å². The molecule has 1 aromatic carbocycles. The zero-order valence-electron chi connectivity index (χ0n) is 17.4. The highest BCUT2D eigenvalue weighted by Crippen LogP contribution is 2.43. The molecule has 10 heteroatoms. The molecule has 2 amide bonds. The van der Waals surface area contributed by atoms with Crippen molar-refractivity contribution in [2.75, 3.05) is 6.54 Å². The molecule has 1 saturated carbocycles. The third kappa shape index (κ3) is 5.65. The van der Waals surface area contributed by atoms with E-state index >= 15 is 0 Å². The molecule has 2 aliphatic rings. The van der Waals surface area contributed by atoms with Crippen LogP contribution in [-0.2, 0) is 15.7 Å². The van der Waals surface area contributed by atoms with E-state index in [1.165, 1.54) is 0 Å². The summed E-state index contributed by atoms with van der Waals surface area (Å²) in [6.45, 7) is 4.61. The summed E-state index contributed by atoms with van der Waals surface area (Å²) < 4.78 is 72.3. The van der Waals surface area contributed by atoms with Gasteiger partial charge in [-0.15, -0.1) is 0 Å². The molecule has 5 nitrogen and oxygen atoms in total. The number of rotatable bonds is 4. The van der Waals surface area contributed by atoms with E-state index in [9.17, 15) is 31.5 Å². The summed E-state index contributed by atoms with van der Waals surface area (Å²) in [7, 11) is 0. The van der Waals surface area contributed by atoms with Gasteiger partial charge in [0.2, 0.25) is 5.91 Å². The molecule has 1 aliphatic carbocycles. The van der Waals surface area contributed by atoms with Crippen molar-refractivity contribution in [3.8, 4) is 0 Å². The molecule has 0 aromatic heterocycles. The fourth-order valence-corrected chi connectivity index (χ4v) is 3.64. The number of carbonyl (C=O) groups is 2. The summed E-state index contributed by atoms with van der Waals surface area (Å²) in [4.78, 5) is 26.3. The van der Waals surface area contributed by atoms with Gasteiger partial charge in [0.05, 0.1) is 18.2 Å². The molecule has 172 valence electrons. The smallest absolute Gasteiger partial charge is 0.416 e. The molecule has 0 bridgehead atoms. The summed E-state index contributed by atoms with van der Waals surface area (Å²) in [5.41, 5.74) is -2.03. The summed E-state index contributed by atoms with van der Waals surface area (Å²) >= 11 is 0. The van der Waals surface area contributed by atoms with Gasteiger partial charge in [0, 0.05) is 12.0 Å². The van der Waals surface area contributed by atoms with Gasteiger partial charge in [0.25, 0.3) is 0 Å². The second-order valence-corrected chi connectivity index (χ2v) is 9.04. The molecule has 2 fully saturated rings. The minimum Gasteiger partial charge on any atom is -0.444 e. The van der Waals surface area contributed by atoms with E-state index < -0.39 is 53.4 Å². The molecule has 31 heavy (non-hydrogen) atoms. The molecular formula is C21H25F5N2O3. The number of benzene rings is 1. The van der Waals surface area contributed by atoms with E-state index in [1.54, 1.807) is 20.8 Å². The average molecular weight is 448 g/mol. The van der Waals surface area contributed by atoms with Crippen molar-refractivity contribution in [3.63, 3.8) is 0 Å². The highest BCUT2D eigenvalue weighted by Gasteiger charge is 2.44. The van der Waals surface area contributed by atoms with Crippen molar-refractivity contribution >= 4 is 12.0 Å². The number of amides is 2. The van der Waals surface area contributed by atoms with Crippen LogP contribution in [0.5, 0.6) is 0 Å². The number of hydrogen-bond acceptors (Lipinski definition) is 3. The van der Waals surface area contributed by atoms with Gasteiger partial charge in [0.15, 0.2) is 0 Å². The van der Waals surface area contributed by atoms with Gasteiger partial charge in [-0.05, 0) is 51.7 Å². The van der Waals surface area contributed by atoms with Gasteiger partial charge < -0.3 is 10.1 Å². The maximum Gasteiger partial charge on any atom is 0.416 e. The number of nitrogens with zero attached hydrogens (tertiary/aromatic N) is 1. The minimum absolute atomic E-state index is 0.0672. The van der Waals surface area contributed by atoms with Crippen molar-refractivity contribution in [1.82, 2.24) is 10.2 Å². The Morgan fingerprint density at radius 3 is 2.35 bits per heavy atom. The highest BCUT2D eigenvalue weighted by atomic mass is 19.4. The molecule has 3 rings (SSSR count). The van der Waals surface area contributed by atoms with Crippen LogP contribution in [0.1, 0.15) is 57.2 Å². The topological polar surface area (TPSA) is 58.6 Å². The van der Waals surface area contributed by atoms with Gasteiger partial charge in [0.1, 0.15) is 23.6 Å². The van der Waals surface area contributed by atoms with Crippen LogP contribution in [0.4, 0.5) is 26.7 Å². The number of ether oxygens (including phenoxy) is 1. The Morgan fingerprint density at radius 1 is 1.19 bits per heavy atom. The second kappa shape index (κ2) is 8.27. The van der Waals surface area contributed by atoms with Crippen LogP contribution in [0.25, 0.3) is 0 Å². The van der Waals surface area contributed by atoms with Gasteiger partial charge in [-0.3, -0.25) is 9.69 Å². The molecule has 1 aliphatic heterocycles. The fraction of sp³-hybridized carbons (Fsp3) is 0.619. The van der Waals surface area contributed by atoms with Crippen molar-refractivity contribution < 1.29 is 36.3 Å². The third-order valence-electron chi connectivity index (χ3n) is 5.23. The maximum atomic E-state index is 14.5. The zero-order valence-corrected chi connectivity index (χ0v) is 17.4. The molecule has 1 saturated heterocycles. The number of likely N-dealkylation sites (tertiary alicyclic amines) is 1. The van der Waals surface area contributed by atoms with Gasteiger partial charge in [-0.2, -0.15) is 13.2 Å². The van der Waals surface area contributed by atoms with Gasteiger partial charge >= 0.3 is 12.3 Å². The Hall–Kier alpha value is -2.39. The Labute approximate surface area is 176 Å².